The number of aromatic nitrogens is 4. The molecule has 2 aliphatic heterocycles. The van der Waals surface area contributed by atoms with Crippen LogP contribution < -0.4 is 14.4 Å². The van der Waals surface area contributed by atoms with Crippen LogP contribution in [-0.2, 0) is 41.7 Å². The molecule has 0 radical (unpaired) electrons. The van der Waals surface area contributed by atoms with E-state index in [1.807, 2.05) is 88.4 Å². The van der Waals surface area contributed by atoms with E-state index < -0.39 is 32.0 Å². The van der Waals surface area contributed by atoms with E-state index in [2.05, 4.69) is 46.0 Å². The van der Waals surface area contributed by atoms with Crippen molar-refractivity contribution in [3.05, 3.63) is 130 Å². The minimum Gasteiger partial charge on any atom is -0.497 e. The van der Waals surface area contributed by atoms with Crippen molar-refractivity contribution in [3.63, 3.8) is 0 Å². The van der Waals surface area contributed by atoms with Crippen molar-refractivity contribution in [2.45, 2.75) is 93.3 Å². The second-order valence-corrected chi connectivity index (χ2v) is 23.9. The first-order chi connectivity index (χ1) is 34.5. The molecule has 0 saturated carbocycles. The summed E-state index contributed by atoms with van der Waals surface area (Å²) in [5, 5.41) is 15.3. The van der Waals surface area contributed by atoms with Gasteiger partial charge in [-0.05, 0) is 152 Å². The van der Waals surface area contributed by atoms with E-state index in [-0.39, 0.29) is 28.9 Å². The maximum Gasteiger partial charge on any atom is 0.490 e. The summed E-state index contributed by atoms with van der Waals surface area (Å²) in [4.78, 5) is 30.7. The molecule has 1 amide bonds. The number of rotatable bonds is 10. The van der Waals surface area contributed by atoms with Gasteiger partial charge in [0.25, 0.3) is 10.0 Å². The van der Waals surface area contributed by atoms with Gasteiger partial charge >= 0.3 is 18.2 Å². The summed E-state index contributed by atoms with van der Waals surface area (Å²) in [6.45, 7) is 10.5. The number of fused-ring (bicyclic) bond motifs is 2. The fraction of sp³-hybridized carbons (Fsp3) is 0.347. The molecule has 2 aliphatic rings. The van der Waals surface area contributed by atoms with Crippen molar-refractivity contribution >= 4 is 97.6 Å². The lowest BCUT2D eigenvalue weighted by atomic mass is 9.98. The van der Waals surface area contributed by atoms with Gasteiger partial charge in [0.2, 0.25) is 5.13 Å². The molecule has 5 aromatic carbocycles. The minimum absolute atomic E-state index is 0.104. The van der Waals surface area contributed by atoms with Crippen molar-refractivity contribution in [3.8, 4) is 5.75 Å². The molecule has 390 valence electrons. The molecule has 0 aliphatic carbocycles. The van der Waals surface area contributed by atoms with Crippen LogP contribution in [-0.4, -0.2) is 96.1 Å². The highest BCUT2D eigenvalue weighted by molar-refractivity contribution is 9.10. The smallest absolute Gasteiger partial charge is 0.490 e. The lowest BCUT2D eigenvalue weighted by Crippen LogP contribution is -2.34. The van der Waals surface area contributed by atoms with Crippen LogP contribution in [0.15, 0.2) is 118 Å². The third-order valence-corrected chi connectivity index (χ3v) is 16.9. The van der Waals surface area contributed by atoms with Gasteiger partial charge < -0.3 is 24.8 Å². The fourth-order valence-corrected chi connectivity index (χ4v) is 12.4. The van der Waals surface area contributed by atoms with Crippen LogP contribution in [0.4, 0.5) is 23.1 Å². The van der Waals surface area contributed by atoms with Crippen LogP contribution >= 0.6 is 39.0 Å². The molecule has 0 spiro atoms. The lowest BCUT2D eigenvalue weighted by molar-refractivity contribution is -0.192. The molecule has 73 heavy (non-hydrogen) atoms. The Kier molecular flexibility index (Phi) is 19.0. The van der Waals surface area contributed by atoms with Crippen molar-refractivity contribution in [2.75, 3.05) is 31.0 Å². The number of aryl methyl sites for hydroxylation is 1. The van der Waals surface area contributed by atoms with Crippen molar-refractivity contribution < 1.29 is 54.2 Å². The number of anilines is 1. The average molecular weight is 1150 g/mol. The largest absolute Gasteiger partial charge is 0.497 e. The van der Waals surface area contributed by atoms with Crippen LogP contribution in [0.1, 0.15) is 74.2 Å². The number of carbonyl (C=O) groups is 2. The summed E-state index contributed by atoms with van der Waals surface area (Å²) >= 11 is 5.67. The number of ether oxygens (including phenoxy) is 2. The van der Waals surface area contributed by atoms with Crippen LogP contribution in [0.2, 0.25) is 0 Å². The number of carboxylic acids is 1. The highest BCUT2D eigenvalue weighted by Crippen LogP contribution is 2.34. The second-order valence-electron chi connectivity index (χ2n) is 17.6. The standard InChI is InChI=1S/C21H18BrN3O3S2.C17H17N3O2S2.C9H17NO2.C2HF3O2/c1-14-10-17(28-2)7-6-16(14)12-25(21-23-13-24-29-21)30(26,27)18-8-9-19-15(11-18)4-3-5-20(19)22;21-24(22,10-17-19-11-20-23-17)13-6-7-14-12(9-13)3-1-4-15(14)16-5-2-8-18-16;1-9(2,3)12-8(11)10-6-4-5-7-10;3-2(4,5)1(6)7/h3-11,13H,12H2,1-2H3;1,3-4,6-7,9,11,16,18H,2,5,8,10H2;4-7H2,1-3H3;(H,6,7). The number of likely N-dealkylation sites (tertiary alicyclic amines) is 1. The van der Waals surface area contributed by atoms with Gasteiger partial charge in [0.1, 0.15) is 34.8 Å². The molecular weight excluding hydrogens is 1100 g/mol. The average Bonchev–Trinajstić information content (AvgIpc) is 4.21. The molecule has 7 aromatic rings. The van der Waals surface area contributed by atoms with E-state index in [0.717, 1.165) is 105 Å². The zero-order chi connectivity index (χ0) is 53.1. The number of nitrogens with zero attached hydrogens (tertiary/aromatic N) is 6. The summed E-state index contributed by atoms with van der Waals surface area (Å²) in [7, 11) is -5.68. The number of aliphatic carboxylic acids is 1. The number of hydrogen-bond acceptors (Lipinski definition) is 15. The molecule has 0 bridgehead atoms. The minimum atomic E-state index is -5.08. The van der Waals surface area contributed by atoms with E-state index >= 15 is 0 Å². The summed E-state index contributed by atoms with van der Waals surface area (Å²) in [6.07, 6.45) is 2.02. The van der Waals surface area contributed by atoms with Crippen LogP contribution in [0.25, 0.3) is 21.5 Å². The number of alkyl halides is 3. The van der Waals surface area contributed by atoms with Gasteiger partial charge in [0.05, 0.1) is 23.4 Å². The van der Waals surface area contributed by atoms with Crippen molar-refractivity contribution in [1.29, 1.82) is 0 Å². The Hall–Kier alpha value is -5.79. The number of methoxy groups -OCH3 is 1. The van der Waals surface area contributed by atoms with Gasteiger partial charge in [0, 0.05) is 35.1 Å². The highest BCUT2D eigenvalue weighted by Gasteiger charge is 2.38. The van der Waals surface area contributed by atoms with E-state index in [9.17, 15) is 34.8 Å². The molecule has 9 rings (SSSR count). The van der Waals surface area contributed by atoms with Gasteiger partial charge in [-0.25, -0.2) is 40.7 Å². The maximum absolute atomic E-state index is 13.6. The second kappa shape index (κ2) is 24.5. The first kappa shape index (κ1) is 56.5. The van der Waals surface area contributed by atoms with Gasteiger partial charge in [-0.2, -0.15) is 21.9 Å². The zero-order valence-electron chi connectivity index (χ0n) is 40.3. The van der Waals surface area contributed by atoms with Crippen LogP contribution in [0, 0.1) is 6.92 Å². The third-order valence-electron chi connectivity index (χ3n) is 11.2. The molecule has 2 N–H and O–H groups in total. The number of carboxylic acid groups (broad SMARTS) is 1. The Morgan fingerprint density at radius 1 is 0.849 bits per heavy atom. The Balaban J connectivity index is 0.000000179. The van der Waals surface area contributed by atoms with Gasteiger partial charge in [-0.3, -0.25) is 0 Å². The first-order valence-corrected chi connectivity index (χ1v) is 28.0. The lowest BCUT2D eigenvalue weighted by Gasteiger charge is -2.23. The van der Waals surface area contributed by atoms with Crippen molar-refractivity contribution in [2.24, 2.45) is 0 Å². The molecule has 2 fully saturated rings. The van der Waals surface area contributed by atoms with Gasteiger partial charge in [0.15, 0.2) is 9.84 Å². The van der Waals surface area contributed by atoms with Gasteiger partial charge in [-0.1, -0.05) is 64.5 Å². The normalized spacial score (nSPS) is 14.8. The predicted octanol–water partition coefficient (Wildman–Crippen LogP) is 10.9. The maximum atomic E-state index is 13.6. The van der Waals surface area contributed by atoms with E-state index in [4.69, 9.17) is 19.4 Å². The molecular formula is C49H53BrF3N7O9S4. The van der Waals surface area contributed by atoms with Crippen LogP contribution in [0.5, 0.6) is 5.75 Å². The van der Waals surface area contributed by atoms with Crippen molar-refractivity contribution in [1.82, 2.24) is 28.9 Å². The highest BCUT2D eigenvalue weighted by atomic mass is 79.9. The number of benzene rings is 5. The number of sulfone groups is 1. The molecule has 2 saturated heterocycles. The topological polar surface area (TPSA) is 211 Å². The molecule has 4 heterocycles. The number of sulfonamides is 1. The number of hydrogen-bond donors (Lipinski definition) is 2. The van der Waals surface area contributed by atoms with E-state index in [0.29, 0.717) is 21.1 Å². The SMILES string of the molecule is CC(C)(C)OC(=O)N1CCCC1.COc1ccc(CN(c2ncns2)S(=O)(=O)c2ccc3c(Br)cccc3c2)c(C)c1.O=C(O)C(F)(F)F.O=S(=O)(Cc1ncns1)c1ccc2c(C3CCCN3)cccc2c1. The summed E-state index contributed by atoms with van der Waals surface area (Å²) in [5.74, 6) is -2.14. The molecule has 16 nitrogen and oxygen atoms in total. The van der Waals surface area contributed by atoms with E-state index in [1.165, 1.54) is 28.9 Å². The molecule has 24 heteroatoms. The molecule has 1 atom stereocenters. The van der Waals surface area contributed by atoms with Crippen LogP contribution in [0.3, 0.4) is 0 Å². The van der Waals surface area contributed by atoms with Gasteiger partial charge in [-0.15, -0.1) is 0 Å². The first-order valence-electron chi connectivity index (χ1n) is 22.6. The number of halogens is 4. The molecule has 1 unspecified atom stereocenters. The third kappa shape index (κ3) is 15.4. The summed E-state index contributed by atoms with van der Waals surface area (Å²) < 4.78 is 105. The number of amides is 1. The van der Waals surface area contributed by atoms with E-state index in [1.54, 1.807) is 36.3 Å². The molecule has 2 aromatic heterocycles. The quantitative estimate of drug-likeness (QED) is 0.131. The Morgan fingerprint density at radius 2 is 1.48 bits per heavy atom. The predicted molar refractivity (Wildman–Crippen MR) is 278 cm³/mol. The number of nitrogens with one attached hydrogen (secondary N) is 1. The number of carbonyl (C=O) groups excluding carboxylic acids is 1. The fourth-order valence-electron chi connectivity index (χ4n) is 7.64. The Labute approximate surface area is 438 Å². The summed E-state index contributed by atoms with van der Waals surface area (Å²) in [5.41, 5.74) is 2.68. The zero-order valence-corrected chi connectivity index (χ0v) is 45.1. The Morgan fingerprint density at radius 3 is 2.07 bits per heavy atom. The monoisotopic (exact) mass is 1150 g/mol. The Bertz CT molecular complexity index is 3220. The summed E-state index contributed by atoms with van der Waals surface area (Å²) in [6, 6.07) is 28.2.